The van der Waals surface area contributed by atoms with Crippen LogP contribution < -0.4 is 26.3 Å². The summed E-state index contributed by atoms with van der Waals surface area (Å²) in [6.07, 6.45) is 2.45. The van der Waals surface area contributed by atoms with Gasteiger partial charge in [-0.2, -0.15) is 8.78 Å². The Hall–Kier alpha value is -5.08. The molecule has 10 nitrogen and oxygen atoms in total. The Kier molecular flexibility index (Phi) is 8.45. The van der Waals surface area contributed by atoms with Crippen LogP contribution in [0.1, 0.15) is 46.9 Å². The van der Waals surface area contributed by atoms with Gasteiger partial charge in [-0.15, -0.1) is 0 Å². The quantitative estimate of drug-likeness (QED) is 0.0714. The molecule has 15 heteroatoms. The third kappa shape index (κ3) is 5.61. The summed E-state index contributed by atoms with van der Waals surface area (Å²) in [4.78, 5) is 46.5. The number of hydrogen-bond donors (Lipinski definition) is 3. The van der Waals surface area contributed by atoms with Crippen LogP contribution in [0.15, 0.2) is 35.3 Å². The van der Waals surface area contributed by atoms with E-state index in [-0.39, 0.29) is 64.3 Å². The normalized spacial score (nSPS) is 18.6. The van der Waals surface area contributed by atoms with Crippen molar-refractivity contribution in [3.8, 4) is 22.8 Å². The average molecular weight is 646 g/mol. The van der Waals surface area contributed by atoms with Crippen molar-refractivity contribution in [2.45, 2.75) is 37.1 Å². The van der Waals surface area contributed by atoms with Crippen LogP contribution in [0.2, 0.25) is 0 Å². The molecular formula is C31H28F5N5O5. The Labute approximate surface area is 259 Å². The van der Waals surface area contributed by atoms with Crippen molar-refractivity contribution in [2.24, 2.45) is 16.6 Å². The fourth-order valence-corrected chi connectivity index (χ4v) is 5.47. The molecule has 1 saturated carbocycles. The number of nitrogens with one attached hydrogen (secondary N) is 1. The molecule has 0 bridgehead atoms. The molecule has 3 aromatic rings. The van der Waals surface area contributed by atoms with Gasteiger partial charge in [0.25, 0.3) is 5.91 Å². The second-order valence-electron chi connectivity index (χ2n) is 11.3. The van der Waals surface area contributed by atoms with Crippen molar-refractivity contribution in [3.63, 3.8) is 0 Å². The first-order valence-corrected chi connectivity index (χ1v) is 13.9. The summed E-state index contributed by atoms with van der Waals surface area (Å²) in [6, 6.07) is 4.83. The molecule has 46 heavy (non-hydrogen) atoms. The number of halogens is 5. The van der Waals surface area contributed by atoms with Gasteiger partial charge in [-0.25, -0.2) is 23.1 Å². The molecule has 5 rings (SSSR count). The summed E-state index contributed by atoms with van der Waals surface area (Å²) in [7, 11) is 1.27. The van der Waals surface area contributed by atoms with E-state index in [1.165, 1.54) is 32.2 Å². The Balaban J connectivity index is 1.61. The number of fused-ring (bicyclic) bond motifs is 1. The number of pyridine rings is 1. The first-order valence-electron chi connectivity index (χ1n) is 13.9. The minimum absolute atomic E-state index is 0.000741. The predicted molar refractivity (Wildman–Crippen MR) is 155 cm³/mol. The molecule has 2 aliphatic rings. The number of ether oxygens (including phenoxy) is 2. The zero-order chi connectivity index (χ0) is 33.6. The number of aldehydes is 1. The standard InChI is InChI=1S/C31H28F5N5O5/c1-30(28(38)44)13-46-26-18(30)8-23(41-25(26)17-7-20(33)21(34)9-19(17)32)31(12-42,16-3-4-16)11-40-27(43)14-5-15(10-39-29(35)36)24(37)22(6-14)45-2/h5-10,12,16,29H,3-4,11,13,37H2,1-2H3,(H2,38,44)(H,40,43)/t30-,31+/m0/s1. The van der Waals surface area contributed by atoms with Crippen molar-refractivity contribution >= 4 is 30.0 Å². The molecule has 2 aromatic carbocycles. The fraction of sp³-hybridized carbons (Fsp3) is 0.323. The van der Waals surface area contributed by atoms with E-state index in [0.717, 1.165) is 6.21 Å². The van der Waals surface area contributed by atoms with Gasteiger partial charge in [0.1, 0.15) is 41.3 Å². The molecule has 1 aliphatic carbocycles. The van der Waals surface area contributed by atoms with E-state index in [2.05, 4.69) is 15.3 Å². The van der Waals surface area contributed by atoms with Crippen LogP contribution in [0.25, 0.3) is 11.3 Å². The lowest BCUT2D eigenvalue weighted by Gasteiger charge is -2.30. The third-order valence-electron chi connectivity index (χ3n) is 8.40. The molecule has 1 aliphatic heterocycles. The number of anilines is 1. The highest BCUT2D eigenvalue weighted by atomic mass is 19.3. The Morgan fingerprint density at radius 2 is 1.87 bits per heavy atom. The molecule has 242 valence electrons. The van der Waals surface area contributed by atoms with Gasteiger partial charge in [0.15, 0.2) is 11.6 Å². The molecule has 2 heterocycles. The van der Waals surface area contributed by atoms with Crippen LogP contribution in [0.3, 0.4) is 0 Å². The summed E-state index contributed by atoms with van der Waals surface area (Å²) in [6.45, 7) is -2.18. The van der Waals surface area contributed by atoms with E-state index in [1.54, 1.807) is 0 Å². The van der Waals surface area contributed by atoms with Crippen LogP contribution in [0.5, 0.6) is 11.5 Å². The highest BCUT2D eigenvalue weighted by molar-refractivity contribution is 6.00. The monoisotopic (exact) mass is 645 g/mol. The number of amides is 2. The van der Waals surface area contributed by atoms with Gasteiger partial charge < -0.3 is 31.1 Å². The number of rotatable bonds is 11. The summed E-state index contributed by atoms with van der Waals surface area (Å²) in [5.41, 5.74) is 7.90. The number of nitrogens with zero attached hydrogens (tertiary/aromatic N) is 2. The maximum atomic E-state index is 15.1. The lowest BCUT2D eigenvalue weighted by atomic mass is 9.76. The maximum absolute atomic E-state index is 15.1. The number of nitrogen functional groups attached to an aromatic ring is 1. The Morgan fingerprint density at radius 3 is 2.48 bits per heavy atom. The number of hydrogen-bond acceptors (Lipinski definition) is 8. The van der Waals surface area contributed by atoms with E-state index in [9.17, 15) is 31.9 Å². The van der Waals surface area contributed by atoms with Gasteiger partial charge in [-0.05, 0) is 49.9 Å². The van der Waals surface area contributed by atoms with Crippen molar-refractivity contribution < 1.29 is 45.8 Å². The Bertz CT molecular complexity index is 1780. The number of nitrogens with two attached hydrogens (primary N) is 2. The number of carbonyl (C=O) groups excluding carboxylic acids is 3. The molecular weight excluding hydrogens is 617 g/mol. The zero-order valence-corrected chi connectivity index (χ0v) is 24.5. The third-order valence-corrected chi connectivity index (χ3v) is 8.40. The minimum Gasteiger partial charge on any atom is -0.495 e. The van der Waals surface area contributed by atoms with Crippen LogP contribution in [0.4, 0.5) is 27.6 Å². The lowest BCUT2D eigenvalue weighted by molar-refractivity contribution is -0.123. The molecule has 0 saturated heterocycles. The second-order valence-corrected chi connectivity index (χ2v) is 11.3. The molecule has 0 unspecified atom stereocenters. The van der Waals surface area contributed by atoms with E-state index in [4.69, 9.17) is 20.9 Å². The van der Waals surface area contributed by atoms with Gasteiger partial charge in [0.05, 0.1) is 23.9 Å². The molecule has 1 aromatic heterocycles. The minimum atomic E-state index is -3.03. The first kappa shape index (κ1) is 32.3. The highest BCUT2D eigenvalue weighted by Gasteiger charge is 2.51. The largest absolute Gasteiger partial charge is 0.495 e. The fourth-order valence-electron chi connectivity index (χ4n) is 5.47. The van der Waals surface area contributed by atoms with E-state index in [1.807, 2.05) is 0 Å². The van der Waals surface area contributed by atoms with Gasteiger partial charge in [0, 0.05) is 41.1 Å². The van der Waals surface area contributed by atoms with Crippen LogP contribution in [0, 0.1) is 23.4 Å². The van der Waals surface area contributed by atoms with Crippen molar-refractivity contribution in [1.29, 1.82) is 0 Å². The average Bonchev–Trinajstić information content (AvgIpc) is 3.81. The molecule has 0 spiro atoms. The van der Waals surface area contributed by atoms with Crippen molar-refractivity contribution in [3.05, 3.63) is 70.2 Å². The van der Waals surface area contributed by atoms with Crippen LogP contribution >= 0.6 is 0 Å². The van der Waals surface area contributed by atoms with Gasteiger partial charge in [-0.1, -0.05) is 0 Å². The van der Waals surface area contributed by atoms with Crippen LogP contribution in [-0.4, -0.2) is 56.1 Å². The Morgan fingerprint density at radius 1 is 1.17 bits per heavy atom. The molecule has 5 N–H and O–H groups in total. The maximum Gasteiger partial charge on any atom is 0.331 e. The van der Waals surface area contributed by atoms with Crippen molar-refractivity contribution in [2.75, 3.05) is 26.0 Å². The number of aliphatic imine (C=N–C) groups is 1. The predicted octanol–water partition coefficient (Wildman–Crippen LogP) is 3.81. The SMILES string of the molecule is COc1cc(C(=O)NC[C@](C=O)(c2cc3c(c(-c4cc(F)c(F)cc4F)n2)OC[C@]3(C)C(N)=O)C2CC2)cc(C=NC(F)F)c1N. The second kappa shape index (κ2) is 12.0. The van der Waals surface area contributed by atoms with E-state index in [0.29, 0.717) is 31.3 Å². The summed E-state index contributed by atoms with van der Waals surface area (Å²) < 4.78 is 79.6. The number of primary amides is 1. The number of benzene rings is 2. The number of alkyl halides is 2. The molecule has 2 amide bonds. The molecule has 2 atom stereocenters. The zero-order valence-electron chi connectivity index (χ0n) is 24.5. The summed E-state index contributed by atoms with van der Waals surface area (Å²) in [5.74, 6) is -5.99. The highest BCUT2D eigenvalue weighted by Crippen LogP contribution is 2.50. The van der Waals surface area contributed by atoms with E-state index >= 15 is 4.39 Å². The lowest BCUT2D eigenvalue weighted by Crippen LogP contribution is -2.45. The number of aromatic nitrogens is 1. The smallest absolute Gasteiger partial charge is 0.331 e. The van der Waals surface area contributed by atoms with Gasteiger partial charge in [-0.3, -0.25) is 9.59 Å². The van der Waals surface area contributed by atoms with Crippen LogP contribution in [-0.2, 0) is 20.4 Å². The van der Waals surface area contributed by atoms with Gasteiger partial charge in [0.2, 0.25) is 5.91 Å². The summed E-state index contributed by atoms with van der Waals surface area (Å²) in [5, 5.41) is 2.67. The number of carbonyl (C=O) groups is 3. The number of methoxy groups -OCH3 is 1. The summed E-state index contributed by atoms with van der Waals surface area (Å²) >= 11 is 0. The van der Waals surface area contributed by atoms with Crippen molar-refractivity contribution in [1.82, 2.24) is 10.3 Å². The van der Waals surface area contributed by atoms with E-state index < -0.39 is 52.2 Å². The topological polar surface area (TPSA) is 159 Å². The molecule has 1 fully saturated rings. The van der Waals surface area contributed by atoms with Gasteiger partial charge >= 0.3 is 6.55 Å². The first-order chi connectivity index (χ1) is 21.7. The molecule has 0 radical (unpaired) electrons.